The number of hydrogen-bond acceptors (Lipinski definition) is 9. The van der Waals surface area contributed by atoms with Gasteiger partial charge in [0.15, 0.2) is 0 Å². The number of nitro groups is 2. The van der Waals surface area contributed by atoms with Crippen LogP contribution in [0.4, 0.5) is 34.5 Å². The molecule has 0 aliphatic carbocycles. The van der Waals surface area contributed by atoms with Crippen molar-refractivity contribution in [3.8, 4) is 0 Å². The molecule has 0 radical (unpaired) electrons. The van der Waals surface area contributed by atoms with Crippen molar-refractivity contribution in [2.75, 3.05) is 10.6 Å². The lowest BCUT2D eigenvalue weighted by molar-refractivity contribution is -0.384. The number of hydrogen-bond donors (Lipinski definition) is 2. The van der Waals surface area contributed by atoms with Crippen LogP contribution in [0.3, 0.4) is 0 Å². The van der Waals surface area contributed by atoms with E-state index < -0.39 is 15.5 Å². The van der Waals surface area contributed by atoms with Crippen molar-refractivity contribution in [2.45, 2.75) is 0 Å². The Bertz CT molecular complexity index is 1010. The van der Waals surface area contributed by atoms with E-state index in [1.807, 2.05) is 0 Å². The number of halogens is 1. The minimum absolute atomic E-state index is 0.0715. The van der Waals surface area contributed by atoms with Crippen molar-refractivity contribution in [3.63, 3.8) is 0 Å². The highest BCUT2D eigenvalue weighted by Gasteiger charge is 2.24. The van der Waals surface area contributed by atoms with Crippen LogP contribution in [0, 0.1) is 20.2 Å². The van der Waals surface area contributed by atoms with Crippen LogP contribution in [0.1, 0.15) is 0 Å². The van der Waals surface area contributed by atoms with Crippen molar-refractivity contribution < 1.29 is 9.85 Å². The highest BCUT2D eigenvalue weighted by atomic mass is 79.9. The molecule has 0 saturated carbocycles. The molecule has 0 amide bonds. The maximum absolute atomic E-state index is 11.6. The van der Waals surface area contributed by atoms with E-state index in [0.717, 1.165) is 10.8 Å². The average molecular weight is 432 g/mol. The van der Waals surface area contributed by atoms with E-state index in [1.165, 1.54) is 30.5 Å². The molecule has 0 aliphatic rings. The van der Waals surface area contributed by atoms with Gasteiger partial charge in [0.2, 0.25) is 11.6 Å². The van der Waals surface area contributed by atoms with Crippen LogP contribution in [0.25, 0.3) is 0 Å². The number of benzene rings is 1. The molecule has 0 atom stereocenters. The normalized spacial score (nSPS) is 10.3. The molecule has 11 nitrogen and oxygen atoms in total. The molecule has 136 valence electrons. The molecule has 0 unspecified atom stereocenters. The molecule has 2 heterocycles. The van der Waals surface area contributed by atoms with Crippen molar-refractivity contribution in [1.82, 2.24) is 15.0 Å². The lowest BCUT2D eigenvalue weighted by Crippen LogP contribution is -2.06. The van der Waals surface area contributed by atoms with Crippen LogP contribution in [0.2, 0.25) is 0 Å². The zero-order chi connectivity index (χ0) is 19.4. The first-order chi connectivity index (χ1) is 12.9. The molecule has 0 aliphatic heterocycles. The predicted molar refractivity (Wildman–Crippen MR) is 100 cm³/mol. The Morgan fingerprint density at radius 1 is 0.926 bits per heavy atom. The molecule has 3 aromatic rings. The number of pyridine rings is 1. The standard InChI is InChI=1S/C15H10BrN7O4/c16-9-4-5-12(17-7-9)21-15-13(23(26)27)14(18-8-19-15)20-10-2-1-3-11(6-10)22(24)25/h1-8H,(H2,17,18,19,20,21). The Kier molecular flexibility index (Phi) is 5.17. The van der Waals surface area contributed by atoms with Crippen LogP contribution in [0.15, 0.2) is 53.4 Å². The van der Waals surface area contributed by atoms with E-state index >= 15 is 0 Å². The quantitative estimate of drug-likeness (QED) is 0.436. The summed E-state index contributed by atoms with van der Waals surface area (Å²) in [6.07, 6.45) is 2.66. The smallest absolute Gasteiger partial charge is 0.334 e. The van der Waals surface area contributed by atoms with Crippen LogP contribution in [0.5, 0.6) is 0 Å². The zero-order valence-corrected chi connectivity index (χ0v) is 15.0. The fourth-order valence-corrected chi connectivity index (χ4v) is 2.37. The number of aromatic nitrogens is 3. The van der Waals surface area contributed by atoms with Gasteiger partial charge >= 0.3 is 5.69 Å². The Labute approximate surface area is 159 Å². The van der Waals surface area contributed by atoms with Gasteiger partial charge in [-0.1, -0.05) is 6.07 Å². The monoisotopic (exact) mass is 431 g/mol. The summed E-state index contributed by atoms with van der Waals surface area (Å²) in [5, 5.41) is 27.9. The SMILES string of the molecule is O=[N+]([O-])c1cccc(Nc2ncnc(Nc3ccc(Br)cn3)c2[N+](=O)[O-])c1. The van der Waals surface area contributed by atoms with Gasteiger partial charge in [-0.25, -0.2) is 15.0 Å². The van der Waals surface area contributed by atoms with Crippen molar-refractivity contribution in [1.29, 1.82) is 0 Å². The van der Waals surface area contributed by atoms with Gasteiger partial charge in [0.1, 0.15) is 12.1 Å². The fraction of sp³-hybridized carbons (Fsp3) is 0. The number of nitrogens with one attached hydrogen (secondary N) is 2. The molecule has 0 fully saturated rings. The van der Waals surface area contributed by atoms with Crippen molar-refractivity contribution in [2.24, 2.45) is 0 Å². The number of non-ortho nitro benzene ring substituents is 1. The predicted octanol–water partition coefficient (Wildman–Crippen LogP) is 3.94. The Balaban J connectivity index is 1.96. The first-order valence-electron chi connectivity index (χ1n) is 7.33. The number of anilines is 4. The molecule has 3 rings (SSSR count). The van der Waals surface area contributed by atoms with Gasteiger partial charge in [-0.05, 0) is 34.1 Å². The van der Waals surface area contributed by atoms with Crippen LogP contribution in [-0.4, -0.2) is 24.8 Å². The molecule has 2 aromatic heterocycles. The maximum atomic E-state index is 11.6. The van der Waals surface area contributed by atoms with Crippen LogP contribution >= 0.6 is 15.9 Å². The summed E-state index contributed by atoms with van der Waals surface area (Å²) in [5.74, 6) is 0.161. The summed E-state index contributed by atoms with van der Waals surface area (Å²) >= 11 is 3.25. The van der Waals surface area contributed by atoms with E-state index in [9.17, 15) is 20.2 Å². The second-order valence-electron chi connectivity index (χ2n) is 5.10. The molecule has 0 saturated heterocycles. The third-order valence-corrected chi connectivity index (χ3v) is 3.77. The summed E-state index contributed by atoms with van der Waals surface area (Å²) in [7, 11) is 0. The van der Waals surface area contributed by atoms with Gasteiger partial charge < -0.3 is 10.6 Å². The van der Waals surface area contributed by atoms with E-state index in [0.29, 0.717) is 5.82 Å². The number of nitrogens with zero attached hydrogens (tertiary/aromatic N) is 5. The largest absolute Gasteiger partial charge is 0.353 e. The first kappa shape index (κ1) is 18.1. The molecule has 0 spiro atoms. The Hall–Kier alpha value is -3.67. The lowest BCUT2D eigenvalue weighted by atomic mass is 10.2. The second kappa shape index (κ2) is 7.70. The highest BCUT2D eigenvalue weighted by Crippen LogP contribution is 2.33. The van der Waals surface area contributed by atoms with E-state index in [4.69, 9.17) is 0 Å². The van der Waals surface area contributed by atoms with Gasteiger partial charge in [-0.15, -0.1) is 0 Å². The van der Waals surface area contributed by atoms with Crippen molar-refractivity contribution in [3.05, 3.63) is 73.6 Å². The van der Waals surface area contributed by atoms with E-state index in [2.05, 4.69) is 41.5 Å². The third kappa shape index (κ3) is 4.30. The average Bonchev–Trinajstić information content (AvgIpc) is 2.64. The molecule has 2 N–H and O–H groups in total. The van der Waals surface area contributed by atoms with Crippen molar-refractivity contribution >= 4 is 50.4 Å². The Morgan fingerprint density at radius 3 is 2.30 bits per heavy atom. The lowest BCUT2D eigenvalue weighted by Gasteiger charge is -2.09. The fourth-order valence-electron chi connectivity index (χ4n) is 2.14. The maximum Gasteiger partial charge on any atom is 0.353 e. The zero-order valence-electron chi connectivity index (χ0n) is 13.4. The molecule has 27 heavy (non-hydrogen) atoms. The minimum atomic E-state index is -0.652. The molecular formula is C15H10BrN7O4. The molecular weight excluding hydrogens is 422 g/mol. The first-order valence-corrected chi connectivity index (χ1v) is 8.13. The third-order valence-electron chi connectivity index (χ3n) is 3.30. The summed E-state index contributed by atoms with van der Waals surface area (Å²) in [5.41, 5.74) is -0.304. The van der Waals surface area contributed by atoms with Crippen LogP contribution < -0.4 is 10.6 Å². The van der Waals surface area contributed by atoms with E-state index in [1.54, 1.807) is 12.1 Å². The van der Waals surface area contributed by atoms with Gasteiger partial charge in [0, 0.05) is 28.5 Å². The van der Waals surface area contributed by atoms with Gasteiger partial charge in [-0.3, -0.25) is 20.2 Å². The molecule has 12 heteroatoms. The highest BCUT2D eigenvalue weighted by molar-refractivity contribution is 9.10. The van der Waals surface area contributed by atoms with Gasteiger partial charge in [0.25, 0.3) is 5.69 Å². The van der Waals surface area contributed by atoms with Crippen LogP contribution in [-0.2, 0) is 0 Å². The number of nitro benzene ring substituents is 1. The molecule has 0 bridgehead atoms. The molecule has 1 aromatic carbocycles. The van der Waals surface area contributed by atoms with E-state index in [-0.39, 0.29) is 23.0 Å². The second-order valence-corrected chi connectivity index (χ2v) is 6.01. The van der Waals surface area contributed by atoms with Gasteiger partial charge in [-0.2, -0.15) is 0 Å². The van der Waals surface area contributed by atoms with Gasteiger partial charge in [0.05, 0.1) is 9.85 Å². The topological polar surface area (TPSA) is 149 Å². The Morgan fingerprint density at radius 2 is 1.67 bits per heavy atom. The minimum Gasteiger partial charge on any atom is -0.334 e. The summed E-state index contributed by atoms with van der Waals surface area (Å²) < 4.78 is 0.748. The summed E-state index contributed by atoms with van der Waals surface area (Å²) in [6, 6.07) is 8.87. The summed E-state index contributed by atoms with van der Waals surface area (Å²) in [4.78, 5) is 33.1. The number of rotatable bonds is 6. The summed E-state index contributed by atoms with van der Waals surface area (Å²) in [6.45, 7) is 0.